The minimum atomic E-state index is -0.929. The van der Waals surface area contributed by atoms with Gasteiger partial charge in [0.2, 0.25) is 5.91 Å². The third kappa shape index (κ3) is 4.88. The molecule has 1 saturated carbocycles. The van der Waals surface area contributed by atoms with Gasteiger partial charge in [-0.25, -0.2) is 23.1 Å². The molecule has 1 saturated heterocycles. The van der Waals surface area contributed by atoms with Crippen LogP contribution in [0.25, 0.3) is 22.3 Å². The van der Waals surface area contributed by atoms with E-state index >= 15 is 0 Å². The second-order valence-electron chi connectivity index (χ2n) is 9.71. The highest BCUT2D eigenvalue weighted by Gasteiger charge is 2.30. The lowest BCUT2D eigenvalue weighted by molar-refractivity contribution is -0.131. The maximum atomic E-state index is 15.0. The summed E-state index contributed by atoms with van der Waals surface area (Å²) in [5.41, 5.74) is 1.57. The van der Waals surface area contributed by atoms with Gasteiger partial charge in [0.1, 0.15) is 29.5 Å². The third-order valence-electron chi connectivity index (χ3n) is 7.24. The van der Waals surface area contributed by atoms with Crippen LogP contribution in [0.3, 0.4) is 0 Å². The number of nitrogens with zero attached hydrogens (tertiary/aromatic N) is 4. The lowest BCUT2D eigenvalue weighted by atomic mass is 9.77. The first-order valence-electron chi connectivity index (χ1n) is 12.1. The molecule has 1 aliphatic carbocycles. The highest BCUT2D eigenvalue weighted by Crippen LogP contribution is 2.36. The standard InChI is InChI=1S/C26H26F3N5O/c27-18-4-5-34(14-18)24(35)8-16-3-1-2-15(6-16)7-23-22(29)9-17(11-30)25(33-23)21-13-32-26-20(21)10-19(28)12-31-26/h9-10,12-13,15-16,18H,1-8,14H2,(H,31,32)/t15-,16+,18+/m0/s1. The molecule has 1 amide bonds. The Morgan fingerprint density at radius 2 is 2.06 bits per heavy atom. The van der Waals surface area contributed by atoms with Crippen LogP contribution in [0.1, 0.15) is 49.8 Å². The smallest absolute Gasteiger partial charge is 0.222 e. The Balaban J connectivity index is 1.35. The molecule has 182 valence electrons. The average Bonchev–Trinajstić information content (AvgIpc) is 3.46. The number of H-pyrrole nitrogens is 1. The molecule has 5 rings (SSSR count). The maximum Gasteiger partial charge on any atom is 0.222 e. The highest BCUT2D eigenvalue weighted by molar-refractivity contribution is 5.93. The Bertz CT molecular complexity index is 1300. The molecule has 0 aromatic carbocycles. The van der Waals surface area contributed by atoms with E-state index in [0.717, 1.165) is 31.9 Å². The van der Waals surface area contributed by atoms with Crippen molar-refractivity contribution in [3.05, 3.63) is 47.4 Å². The summed E-state index contributed by atoms with van der Waals surface area (Å²) < 4.78 is 42.2. The van der Waals surface area contributed by atoms with Gasteiger partial charge in [0.15, 0.2) is 0 Å². The molecule has 1 N–H and O–H groups in total. The largest absolute Gasteiger partial charge is 0.345 e. The third-order valence-corrected chi connectivity index (χ3v) is 7.24. The number of aromatic nitrogens is 3. The number of hydrogen-bond donors (Lipinski definition) is 1. The van der Waals surface area contributed by atoms with Gasteiger partial charge in [-0.15, -0.1) is 0 Å². The van der Waals surface area contributed by atoms with Crippen molar-refractivity contribution in [2.75, 3.05) is 13.1 Å². The van der Waals surface area contributed by atoms with E-state index in [1.807, 2.05) is 6.07 Å². The summed E-state index contributed by atoms with van der Waals surface area (Å²) in [5.74, 6) is -0.722. The van der Waals surface area contributed by atoms with Crippen LogP contribution < -0.4 is 0 Å². The van der Waals surface area contributed by atoms with Gasteiger partial charge in [0.05, 0.1) is 29.7 Å². The number of fused-ring (bicyclic) bond motifs is 1. The fourth-order valence-electron chi connectivity index (χ4n) is 5.50. The normalized spacial score (nSPS) is 22.5. The van der Waals surface area contributed by atoms with E-state index in [0.29, 0.717) is 48.1 Å². The molecule has 0 spiro atoms. The van der Waals surface area contributed by atoms with Gasteiger partial charge in [0, 0.05) is 30.1 Å². The van der Waals surface area contributed by atoms with Crippen LogP contribution in [0.15, 0.2) is 24.5 Å². The Labute approximate surface area is 201 Å². The summed E-state index contributed by atoms with van der Waals surface area (Å²) in [5, 5.41) is 10.1. The second-order valence-corrected chi connectivity index (χ2v) is 9.71. The molecule has 2 fully saturated rings. The lowest BCUT2D eigenvalue weighted by Gasteiger charge is -2.30. The van der Waals surface area contributed by atoms with Crippen molar-refractivity contribution in [2.45, 2.75) is 51.1 Å². The first kappa shape index (κ1) is 23.3. The van der Waals surface area contributed by atoms with Crippen molar-refractivity contribution < 1.29 is 18.0 Å². The lowest BCUT2D eigenvalue weighted by Crippen LogP contribution is -2.31. The number of alkyl halides is 1. The highest BCUT2D eigenvalue weighted by atomic mass is 19.1. The Morgan fingerprint density at radius 1 is 1.23 bits per heavy atom. The van der Waals surface area contributed by atoms with E-state index in [4.69, 9.17) is 0 Å². The van der Waals surface area contributed by atoms with E-state index in [-0.39, 0.29) is 35.5 Å². The Kier molecular flexibility index (Phi) is 6.46. The zero-order valence-electron chi connectivity index (χ0n) is 19.2. The van der Waals surface area contributed by atoms with Crippen LogP contribution in [0.5, 0.6) is 0 Å². The van der Waals surface area contributed by atoms with E-state index < -0.39 is 17.8 Å². The summed E-state index contributed by atoms with van der Waals surface area (Å²) in [7, 11) is 0. The molecule has 35 heavy (non-hydrogen) atoms. The predicted octanol–water partition coefficient (Wildman–Crippen LogP) is 5.08. The average molecular weight is 482 g/mol. The van der Waals surface area contributed by atoms with Crippen LogP contribution in [0, 0.1) is 34.8 Å². The number of nitrogens with one attached hydrogen (secondary N) is 1. The number of carbonyl (C=O) groups is 1. The van der Waals surface area contributed by atoms with Gasteiger partial charge in [-0.2, -0.15) is 5.26 Å². The molecular weight excluding hydrogens is 455 g/mol. The van der Waals surface area contributed by atoms with E-state index in [2.05, 4.69) is 15.0 Å². The van der Waals surface area contributed by atoms with Crippen molar-refractivity contribution in [3.8, 4) is 17.3 Å². The zero-order chi connectivity index (χ0) is 24.5. The SMILES string of the molecule is N#Cc1cc(F)c(C[C@H]2CCC[C@@H](CC(=O)N3CC[C@@H](F)C3)C2)nc1-c1c[nH]c2ncc(F)cc12. The summed E-state index contributed by atoms with van der Waals surface area (Å²) in [6.07, 6.45) is 6.50. The fourth-order valence-corrected chi connectivity index (χ4v) is 5.50. The molecule has 1 aliphatic heterocycles. The number of aromatic amines is 1. The van der Waals surface area contributed by atoms with Crippen LogP contribution >= 0.6 is 0 Å². The molecule has 0 radical (unpaired) electrons. The molecule has 4 heterocycles. The van der Waals surface area contributed by atoms with Gasteiger partial charge in [-0.1, -0.05) is 12.8 Å². The number of hydrogen-bond acceptors (Lipinski definition) is 4. The Hall–Kier alpha value is -3.41. The van der Waals surface area contributed by atoms with Crippen molar-refractivity contribution in [3.63, 3.8) is 0 Å². The summed E-state index contributed by atoms with van der Waals surface area (Å²) in [6.45, 7) is 0.665. The topological polar surface area (TPSA) is 85.7 Å². The minimum absolute atomic E-state index is 0.000873. The summed E-state index contributed by atoms with van der Waals surface area (Å²) >= 11 is 0. The Morgan fingerprint density at radius 3 is 2.83 bits per heavy atom. The second kappa shape index (κ2) is 9.68. The quantitative estimate of drug-likeness (QED) is 0.551. The van der Waals surface area contributed by atoms with E-state index in [9.17, 15) is 23.2 Å². The molecule has 3 aromatic heterocycles. The summed E-state index contributed by atoms with van der Waals surface area (Å²) in [6, 6.07) is 4.50. The van der Waals surface area contributed by atoms with Crippen LogP contribution in [-0.2, 0) is 11.2 Å². The molecule has 0 unspecified atom stereocenters. The van der Waals surface area contributed by atoms with Crippen LogP contribution in [0.2, 0.25) is 0 Å². The molecule has 6 nitrogen and oxygen atoms in total. The molecule has 3 aromatic rings. The molecule has 3 atom stereocenters. The molecule has 2 aliphatic rings. The van der Waals surface area contributed by atoms with Gasteiger partial charge in [-0.3, -0.25) is 4.79 Å². The predicted molar refractivity (Wildman–Crippen MR) is 124 cm³/mol. The van der Waals surface area contributed by atoms with E-state index in [1.54, 1.807) is 11.1 Å². The number of amides is 1. The van der Waals surface area contributed by atoms with Gasteiger partial charge in [-0.05, 0) is 49.7 Å². The van der Waals surface area contributed by atoms with E-state index in [1.165, 1.54) is 12.1 Å². The zero-order valence-corrected chi connectivity index (χ0v) is 19.2. The number of likely N-dealkylation sites (tertiary alicyclic amines) is 1. The van der Waals surface area contributed by atoms with Gasteiger partial charge >= 0.3 is 0 Å². The first-order valence-corrected chi connectivity index (χ1v) is 12.1. The maximum absolute atomic E-state index is 15.0. The molecule has 0 bridgehead atoms. The molecular formula is C26H26F3N5O. The van der Waals surface area contributed by atoms with Gasteiger partial charge < -0.3 is 9.88 Å². The van der Waals surface area contributed by atoms with Crippen LogP contribution in [0.4, 0.5) is 13.2 Å². The monoisotopic (exact) mass is 481 g/mol. The van der Waals surface area contributed by atoms with Crippen molar-refractivity contribution in [2.24, 2.45) is 11.8 Å². The molecule has 9 heteroatoms. The number of carbonyl (C=O) groups excluding carboxylic acids is 1. The van der Waals surface area contributed by atoms with Crippen molar-refractivity contribution >= 4 is 16.9 Å². The van der Waals surface area contributed by atoms with Gasteiger partial charge in [0.25, 0.3) is 0 Å². The van der Waals surface area contributed by atoms with Crippen molar-refractivity contribution in [1.29, 1.82) is 5.26 Å². The number of rotatable bonds is 5. The van der Waals surface area contributed by atoms with Crippen LogP contribution in [-0.4, -0.2) is 45.0 Å². The van der Waals surface area contributed by atoms with Crippen molar-refractivity contribution in [1.82, 2.24) is 19.9 Å². The number of pyridine rings is 2. The number of halogens is 3. The number of nitriles is 1. The minimum Gasteiger partial charge on any atom is -0.345 e. The summed E-state index contributed by atoms with van der Waals surface area (Å²) in [4.78, 5) is 25.7. The first-order chi connectivity index (χ1) is 16.9. The fraction of sp³-hybridized carbons (Fsp3) is 0.462.